The summed E-state index contributed by atoms with van der Waals surface area (Å²) >= 11 is 0. The Hall–Kier alpha value is -1.96. The highest BCUT2D eigenvalue weighted by molar-refractivity contribution is 5.85. The quantitative estimate of drug-likeness (QED) is 0.534. The van der Waals surface area contributed by atoms with Crippen molar-refractivity contribution in [2.24, 2.45) is 0 Å². The predicted octanol–water partition coefficient (Wildman–Crippen LogP) is 3.53. The fraction of sp³-hybridized carbons (Fsp3) is 0. The third kappa shape index (κ3) is 1.04. The fourth-order valence-corrected chi connectivity index (χ4v) is 1.53. The normalized spacial score (nSPS) is 13.1. The van der Waals surface area contributed by atoms with Gasteiger partial charge in [0.05, 0.1) is 25.1 Å². The van der Waals surface area contributed by atoms with Crippen molar-refractivity contribution in [3.05, 3.63) is 47.3 Å². The van der Waals surface area contributed by atoms with Crippen LogP contribution in [0.3, 0.4) is 0 Å². The van der Waals surface area contributed by atoms with Gasteiger partial charge in [-0.15, -0.1) is 0 Å². The zero-order chi connectivity index (χ0) is 9.38. The van der Waals surface area contributed by atoms with Crippen LogP contribution in [0, 0.1) is 0 Å². The van der Waals surface area contributed by atoms with Gasteiger partial charge in [-0.25, -0.2) is 0 Å². The van der Waals surface area contributed by atoms with Crippen LogP contribution in [-0.4, -0.2) is 0 Å². The molecule has 0 N–H and O–H groups in total. The summed E-state index contributed by atoms with van der Waals surface area (Å²) in [6.07, 6.45) is 15.0. The van der Waals surface area contributed by atoms with Crippen molar-refractivity contribution in [2.45, 2.75) is 0 Å². The van der Waals surface area contributed by atoms with Gasteiger partial charge in [0, 0.05) is 22.3 Å². The Morgan fingerprint density at radius 2 is 0.786 bits per heavy atom. The molecule has 2 aromatic heterocycles. The van der Waals surface area contributed by atoms with E-state index in [0.717, 1.165) is 22.3 Å². The summed E-state index contributed by atoms with van der Waals surface area (Å²) in [5, 5.41) is 0. The molecule has 0 bridgehead atoms. The summed E-state index contributed by atoms with van der Waals surface area (Å²) in [6.45, 7) is 0. The number of hydrogen-bond donors (Lipinski definition) is 0. The molecular formula is C12H8O2. The number of hydrogen-bond acceptors (Lipinski definition) is 2. The minimum atomic E-state index is 1.09. The van der Waals surface area contributed by atoms with E-state index >= 15 is 0 Å². The lowest BCUT2D eigenvalue weighted by Gasteiger charge is -1.95. The second-order valence-electron chi connectivity index (χ2n) is 3.23. The van der Waals surface area contributed by atoms with E-state index in [2.05, 4.69) is 0 Å². The molecule has 0 saturated heterocycles. The Morgan fingerprint density at radius 3 is 1.07 bits per heavy atom. The van der Waals surface area contributed by atoms with Crippen molar-refractivity contribution < 1.29 is 8.83 Å². The Labute approximate surface area is 81.2 Å². The number of rotatable bonds is 0. The first kappa shape index (κ1) is 7.44. The highest BCUT2D eigenvalue weighted by Gasteiger charge is 2.05. The molecule has 1 aliphatic carbocycles. The maximum atomic E-state index is 5.13. The van der Waals surface area contributed by atoms with Crippen molar-refractivity contribution in [2.75, 3.05) is 0 Å². The lowest BCUT2D eigenvalue weighted by atomic mass is 10.1. The van der Waals surface area contributed by atoms with Gasteiger partial charge in [0.2, 0.25) is 0 Å². The second kappa shape index (κ2) is 2.77. The molecule has 2 nitrogen and oxygen atoms in total. The van der Waals surface area contributed by atoms with Crippen LogP contribution in [-0.2, 0) is 0 Å². The molecule has 0 amide bonds. The van der Waals surface area contributed by atoms with Gasteiger partial charge in [0.1, 0.15) is 0 Å². The molecule has 0 radical (unpaired) electrons. The number of fused-ring (bicyclic) bond motifs is 2. The van der Waals surface area contributed by atoms with E-state index in [1.165, 1.54) is 0 Å². The standard InChI is InChI=1S/C12H8O2/c1-2-10-6-14-8-12(10)4-3-11-7-13-5-9(1)11/h1-8H. The van der Waals surface area contributed by atoms with Crippen molar-refractivity contribution in [3.8, 4) is 0 Å². The van der Waals surface area contributed by atoms with Crippen LogP contribution in [0.1, 0.15) is 22.3 Å². The second-order valence-corrected chi connectivity index (χ2v) is 3.23. The molecule has 0 aliphatic heterocycles. The van der Waals surface area contributed by atoms with E-state index < -0.39 is 0 Å². The lowest BCUT2D eigenvalue weighted by Crippen LogP contribution is -1.77. The largest absolute Gasteiger partial charge is 0.471 e. The Bertz CT molecular complexity index is 423. The molecular weight excluding hydrogens is 176 g/mol. The van der Waals surface area contributed by atoms with Gasteiger partial charge >= 0.3 is 0 Å². The smallest absolute Gasteiger partial charge is 0.0981 e. The minimum Gasteiger partial charge on any atom is -0.471 e. The first-order valence-electron chi connectivity index (χ1n) is 4.42. The van der Waals surface area contributed by atoms with E-state index in [1.54, 1.807) is 25.1 Å². The molecule has 0 atom stereocenters. The number of furan rings is 2. The van der Waals surface area contributed by atoms with E-state index in [9.17, 15) is 0 Å². The monoisotopic (exact) mass is 184 g/mol. The van der Waals surface area contributed by atoms with Crippen molar-refractivity contribution in [1.82, 2.24) is 0 Å². The SMILES string of the molecule is C1=Cc2cocc2C=Cc2cocc21. The van der Waals surface area contributed by atoms with Crippen LogP contribution in [0.15, 0.2) is 33.9 Å². The molecule has 2 heterocycles. The Balaban J connectivity index is 2.20. The fourth-order valence-electron chi connectivity index (χ4n) is 1.53. The van der Waals surface area contributed by atoms with Crippen LogP contribution < -0.4 is 0 Å². The molecule has 0 aromatic carbocycles. The first-order valence-corrected chi connectivity index (χ1v) is 4.42. The van der Waals surface area contributed by atoms with Crippen LogP contribution in [0.2, 0.25) is 0 Å². The van der Waals surface area contributed by atoms with Crippen molar-refractivity contribution in [1.29, 1.82) is 0 Å². The lowest BCUT2D eigenvalue weighted by molar-refractivity contribution is 0.565. The van der Waals surface area contributed by atoms with E-state index in [-0.39, 0.29) is 0 Å². The maximum absolute atomic E-state index is 5.13. The molecule has 3 rings (SSSR count). The summed E-state index contributed by atoms with van der Waals surface area (Å²) in [4.78, 5) is 0. The Morgan fingerprint density at radius 1 is 0.500 bits per heavy atom. The zero-order valence-corrected chi connectivity index (χ0v) is 7.44. The minimum absolute atomic E-state index is 1.09. The van der Waals surface area contributed by atoms with Gasteiger partial charge in [-0.2, -0.15) is 0 Å². The van der Waals surface area contributed by atoms with Crippen LogP contribution in [0.25, 0.3) is 24.3 Å². The summed E-state index contributed by atoms with van der Waals surface area (Å²) in [5.74, 6) is 0. The van der Waals surface area contributed by atoms with Gasteiger partial charge in [0.25, 0.3) is 0 Å². The van der Waals surface area contributed by atoms with Gasteiger partial charge < -0.3 is 8.83 Å². The molecule has 0 unspecified atom stereocenters. The zero-order valence-electron chi connectivity index (χ0n) is 7.44. The van der Waals surface area contributed by atoms with Crippen molar-refractivity contribution in [3.63, 3.8) is 0 Å². The third-order valence-corrected chi connectivity index (χ3v) is 2.33. The summed E-state index contributed by atoms with van der Waals surface area (Å²) < 4.78 is 10.3. The third-order valence-electron chi connectivity index (χ3n) is 2.33. The molecule has 0 saturated carbocycles. The maximum Gasteiger partial charge on any atom is 0.0981 e. The highest BCUT2D eigenvalue weighted by atomic mass is 16.3. The summed E-state index contributed by atoms with van der Waals surface area (Å²) in [5.41, 5.74) is 4.36. The predicted molar refractivity (Wildman–Crippen MR) is 55.3 cm³/mol. The van der Waals surface area contributed by atoms with E-state index in [0.29, 0.717) is 0 Å². The van der Waals surface area contributed by atoms with Gasteiger partial charge in [-0.05, 0) is 0 Å². The average Bonchev–Trinajstić information content (AvgIpc) is 2.75. The topological polar surface area (TPSA) is 26.3 Å². The van der Waals surface area contributed by atoms with Crippen LogP contribution in [0.4, 0.5) is 0 Å². The summed E-state index contributed by atoms with van der Waals surface area (Å²) in [7, 11) is 0. The van der Waals surface area contributed by atoms with E-state index in [1.807, 2.05) is 24.3 Å². The molecule has 0 fully saturated rings. The molecule has 2 aromatic rings. The van der Waals surface area contributed by atoms with E-state index in [4.69, 9.17) is 8.83 Å². The molecule has 1 aliphatic rings. The average molecular weight is 184 g/mol. The van der Waals surface area contributed by atoms with Gasteiger partial charge in [-0.3, -0.25) is 0 Å². The highest BCUT2D eigenvalue weighted by Crippen LogP contribution is 2.23. The van der Waals surface area contributed by atoms with Gasteiger partial charge in [-0.1, -0.05) is 24.3 Å². The molecule has 14 heavy (non-hydrogen) atoms. The van der Waals surface area contributed by atoms with Crippen LogP contribution >= 0.6 is 0 Å². The first-order chi connectivity index (χ1) is 6.93. The van der Waals surface area contributed by atoms with Gasteiger partial charge in [0.15, 0.2) is 0 Å². The van der Waals surface area contributed by atoms with Crippen LogP contribution in [0.5, 0.6) is 0 Å². The summed E-state index contributed by atoms with van der Waals surface area (Å²) in [6, 6.07) is 0. The molecule has 68 valence electrons. The van der Waals surface area contributed by atoms with Crippen molar-refractivity contribution >= 4 is 24.3 Å². The Kier molecular flexibility index (Phi) is 1.47. The molecule has 0 spiro atoms. The molecule has 2 heteroatoms.